The van der Waals surface area contributed by atoms with E-state index in [1.54, 1.807) is 0 Å². The van der Waals surface area contributed by atoms with Crippen molar-refractivity contribution >= 4 is 0 Å². The maximum Gasteiger partial charge on any atom is 0.0222 e. The minimum atomic E-state index is 0.350. The third-order valence-corrected chi connectivity index (χ3v) is 3.23. The van der Waals surface area contributed by atoms with Gasteiger partial charge in [-0.05, 0) is 18.4 Å². The van der Waals surface area contributed by atoms with Gasteiger partial charge in [-0.25, -0.2) is 0 Å². The lowest BCUT2D eigenvalue weighted by atomic mass is 9.91. The van der Waals surface area contributed by atoms with Crippen LogP contribution in [-0.2, 0) is 6.54 Å². The summed E-state index contributed by atoms with van der Waals surface area (Å²) in [6.45, 7) is 0.944. The van der Waals surface area contributed by atoms with Crippen LogP contribution in [0.3, 0.4) is 0 Å². The van der Waals surface area contributed by atoms with Gasteiger partial charge in [0.25, 0.3) is 0 Å². The second-order valence-corrected chi connectivity index (χ2v) is 4.42. The van der Waals surface area contributed by atoms with Crippen LogP contribution in [0, 0.1) is 0 Å². The molecule has 1 aromatic rings. The lowest BCUT2D eigenvalue weighted by Gasteiger charge is -2.29. The summed E-state index contributed by atoms with van der Waals surface area (Å²) in [6.07, 6.45) is 5.02. The standard InChI is InChI=1S/C13H20N2/c14-12-8-4-5-9-13(12)15-10-11-6-2-1-3-7-11/h1-3,6-7,12-13,15H,4-5,8-10,14H2/t12-,13+/m0/s1. The third-order valence-electron chi connectivity index (χ3n) is 3.23. The lowest BCUT2D eigenvalue weighted by Crippen LogP contribution is -2.46. The van der Waals surface area contributed by atoms with Crippen LogP contribution in [0.2, 0.25) is 0 Å². The van der Waals surface area contributed by atoms with E-state index in [0.29, 0.717) is 12.1 Å². The summed E-state index contributed by atoms with van der Waals surface area (Å²) in [5, 5.41) is 3.56. The summed E-state index contributed by atoms with van der Waals surface area (Å²) in [7, 11) is 0. The largest absolute Gasteiger partial charge is 0.326 e. The van der Waals surface area contributed by atoms with E-state index in [2.05, 4.69) is 35.6 Å². The minimum Gasteiger partial charge on any atom is -0.326 e. The average Bonchev–Trinajstić information content (AvgIpc) is 2.29. The predicted molar refractivity (Wildman–Crippen MR) is 63.5 cm³/mol. The molecule has 0 bridgehead atoms. The normalized spacial score (nSPS) is 26.5. The smallest absolute Gasteiger partial charge is 0.0222 e. The molecule has 0 unspecified atom stereocenters. The molecule has 0 saturated heterocycles. The Bertz CT molecular complexity index is 284. The van der Waals surface area contributed by atoms with Crippen molar-refractivity contribution in [3.63, 3.8) is 0 Å². The molecule has 2 nitrogen and oxygen atoms in total. The van der Waals surface area contributed by atoms with Crippen LogP contribution in [0.1, 0.15) is 31.2 Å². The summed E-state index contributed by atoms with van der Waals surface area (Å²) in [5.41, 5.74) is 7.42. The third kappa shape index (κ3) is 3.05. The van der Waals surface area contributed by atoms with Gasteiger partial charge in [-0.1, -0.05) is 43.2 Å². The van der Waals surface area contributed by atoms with E-state index in [1.807, 2.05) is 0 Å². The molecule has 2 rings (SSSR count). The molecule has 82 valence electrons. The van der Waals surface area contributed by atoms with Gasteiger partial charge < -0.3 is 11.1 Å². The number of nitrogens with one attached hydrogen (secondary N) is 1. The van der Waals surface area contributed by atoms with Crippen molar-refractivity contribution in [1.82, 2.24) is 5.32 Å². The highest BCUT2D eigenvalue weighted by Crippen LogP contribution is 2.17. The number of rotatable bonds is 3. The molecule has 1 fully saturated rings. The molecule has 2 atom stereocenters. The molecule has 0 radical (unpaired) electrons. The molecule has 1 aliphatic carbocycles. The van der Waals surface area contributed by atoms with Crippen molar-refractivity contribution in [2.45, 2.75) is 44.3 Å². The summed E-state index contributed by atoms with van der Waals surface area (Å²) < 4.78 is 0. The first-order valence-corrected chi connectivity index (χ1v) is 5.89. The van der Waals surface area contributed by atoms with E-state index in [-0.39, 0.29) is 0 Å². The fourth-order valence-corrected chi connectivity index (χ4v) is 2.26. The Morgan fingerprint density at radius 3 is 2.60 bits per heavy atom. The average molecular weight is 204 g/mol. The van der Waals surface area contributed by atoms with Gasteiger partial charge in [-0.15, -0.1) is 0 Å². The van der Waals surface area contributed by atoms with E-state index in [0.717, 1.165) is 6.54 Å². The molecule has 0 aromatic heterocycles. The van der Waals surface area contributed by atoms with Gasteiger partial charge >= 0.3 is 0 Å². The highest BCUT2D eigenvalue weighted by atomic mass is 15.0. The first kappa shape index (κ1) is 10.7. The molecular weight excluding hydrogens is 184 g/mol. The number of nitrogens with two attached hydrogens (primary N) is 1. The van der Waals surface area contributed by atoms with Crippen LogP contribution in [0.25, 0.3) is 0 Å². The quantitative estimate of drug-likeness (QED) is 0.790. The van der Waals surface area contributed by atoms with E-state index < -0.39 is 0 Å². The number of hydrogen-bond donors (Lipinski definition) is 2. The monoisotopic (exact) mass is 204 g/mol. The molecule has 0 spiro atoms. The zero-order valence-electron chi connectivity index (χ0n) is 9.15. The topological polar surface area (TPSA) is 38.0 Å². The summed E-state index contributed by atoms with van der Waals surface area (Å²) >= 11 is 0. The fourth-order valence-electron chi connectivity index (χ4n) is 2.26. The van der Waals surface area contributed by atoms with Gasteiger partial charge in [-0.3, -0.25) is 0 Å². The molecule has 1 aliphatic rings. The maximum atomic E-state index is 6.08. The van der Waals surface area contributed by atoms with Crippen LogP contribution in [0.15, 0.2) is 30.3 Å². The molecule has 15 heavy (non-hydrogen) atoms. The summed E-state index contributed by atoms with van der Waals surface area (Å²) in [5.74, 6) is 0. The zero-order valence-corrected chi connectivity index (χ0v) is 9.15. The van der Waals surface area contributed by atoms with Gasteiger partial charge in [0.15, 0.2) is 0 Å². The number of benzene rings is 1. The van der Waals surface area contributed by atoms with Gasteiger partial charge in [-0.2, -0.15) is 0 Å². The molecular formula is C13H20N2. The Balaban J connectivity index is 1.82. The highest BCUT2D eigenvalue weighted by molar-refractivity contribution is 5.14. The highest BCUT2D eigenvalue weighted by Gasteiger charge is 2.20. The summed E-state index contributed by atoms with van der Waals surface area (Å²) in [4.78, 5) is 0. The van der Waals surface area contributed by atoms with Crippen molar-refractivity contribution < 1.29 is 0 Å². The van der Waals surface area contributed by atoms with Crippen LogP contribution in [-0.4, -0.2) is 12.1 Å². The van der Waals surface area contributed by atoms with E-state index in [1.165, 1.54) is 31.2 Å². The summed E-state index contributed by atoms with van der Waals surface area (Å²) in [6, 6.07) is 11.4. The Morgan fingerprint density at radius 2 is 1.87 bits per heavy atom. The van der Waals surface area contributed by atoms with Gasteiger partial charge in [0.1, 0.15) is 0 Å². The SMILES string of the molecule is N[C@H]1CCCC[C@H]1NCc1ccccc1. The van der Waals surface area contributed by atoms with Crippen molar-refractivity contribution in [3.05, 3.63) is 35.9 Å². The van der Waals surface area contributed by atoms with Crippen LogP contribution < -0.4 is 11.1 Å². The molecule has 3 N–H and O–H groups in total. The minimum absolute atomic E-state index is 0.350. The Kier molecular flexibility index (Phi) is 3.75. The first-order valence-electron chi connectivity index (χ1n) is 5.89. The molecule has 2 heteroatoms. The molecule has 0 amide bonds. The van der Waals surface area contributed by atoms with Crippen molar-refractivity contribution in [1.29, 1.82) is 0 Å². The van der Waals surface area contributed by atoms with Crippen LogP contribution in [0.5, 0.6) is 0 Å². The Hall–Kier alpha value is -0.860. The van der Waals surface area contributed by atoms with Crippen LogP contribution in [0.4, 0.5) is 0 Å². The van der Waals surface area contributed by atoms with E-state index in [9.17, 15) is 0 Å². The second-order valence-electron chi connectivity index (χ2n) is 4.42. The molecule has 1 aromatic carbocycles. The molecule has 0 aliphatic heterocycles. The maximum absolute atomic E-state index is 6.08. The lowest BCUT2D eigenvalue weighted by molar-refractivity contribution is 0.326. The Labute approximate surface area is 91.9 Å². The fraction of sp³-hybridized carbons (Fsp3) is 0.538. The Morgan fingerprint density at radius 1 is 1.13 bits per heavy atom. The molecule has 0 heterocycles. The predicted octanol–water partition coefficient (Wildman–Crippen LogP) is 2.05. The molecule has 1 saturated carbocycles. The van der Waals surface area contributed by atoms with Gasteiger partial charge in [0.2, 0.25) is 0 Å². The van der Waals surface area contributed by atoms with Crippen molar-refractivity contribution in [2.24, 2.45) is 5.73 Å². The van der Waals surface area contributed by atoms with E-state index in [4.69, 9.17) is 5.73 Å². The van der Waals surface area contributed by atoms with Crippen molar-refractivity contribution in [3.8, 4) is 0 Å². The van der Waals surface area contributed by atoms with E-state index >= 15 is 0 Å². The second kappa shape index (κ2) is 5.29. The van der Waals surface area contributed by atoms with Gasteiger partial charge in [0, 0.05) is 18.6 Å². The zero-order chi connectivity index (χ0) is 10.5. The number of hydrogen-bond acceptors (Lipinski definition) is 2. The first-order chi connectivity index (χ1) is 7.36. The van der Waals surface area contributed by atoms with Crippen LogP contribution >= 0.6 is 0 Å². The van der Waals surface area contributed by atoms with Crippen molar-refractivity contribution in [2.75, 3.05) is 0 Å². The van der Waals surface area contributed by atoms with Gasteiger partial charge in [0.05, 0.1) is 0 Å².